The van der Waals surface area contributed by atoms with Crippen LogP contribution in [0.15, 0.2) is 48.5 Å². The van der Waals surface area contributed by atoms with E-state index in [0.717, 1.165) is 37.3 Å². The van der Waals surface area contributed by atoms with Gasteiger partial charge in [0.1, 0.15) is 17.3 Å². The molecular weight excluding hydrogens is 319 g/mol. The molecular formula is C20H22FN2O2+. The lowest BCUT2D eigenvalue weighted by Crippen LogP contribution is -2.42. The SMILES string of the molecule is COc1ccc([C@]2(O)CN(c3ccccc3)C3=[N+]2CCCC3)c(F)c1. The van der Waals surface area contributed by atoms with E-state index >= 15 is 0 Å². The number of aliphatic hydroxyl groups is 1. The van der Waals surface area contributed by atoms with Gasteiger partial charge < -0.3 is 9.84 Å². The molecule has 2 aliphatic rings. The van der Waals surface area contributed by atoms with E-state index in [1.807, 2.05) is 34.9 Å². The minimum Gasteiger partial charge on any atom is -0.497 e. The number of hydrogen-bond acceptors (Lipinski definition) is 3. The Bertz CT molecular complexity index is 822. The number of amidine groups is 1. The van der Waals surface area contributed by atoms with E-state index in [1.165, 1.54) is 13.2 Å². The summed E-state index contributed by atoms with van der Waals surface area (Å²) in [5.41, 5.74) is -0.0533. The first kappa shape index (κ1) is 16.1. The summed E-state index contributed by atoms with van der Waals surface area (Å²) in [6.07, 6.45) is 2.96. The average molecular weight is 341 g/mol. The van der Waals surface area contributed by atoms with Crippen LogP contribution in [0.2, 0.25) is 0 Å². The zero-order chi connectivity index (χ0) is 17.4. The predicted molar refractivity (Wildman–Crippen MR) is 94.6 cm³/mol. The molecule has 25 heavy (non-hydrogen) atoms. The molecule has 130 valence electrons. The largest absolute Gasteiger partial charge is 0.497 e. The van der Waals surface area contributed by atoms with E-state index in [4.69, 9.17) is 4.74 Å². The van der Waals surface area contributed by atoms with E-state index in [-0.39, 0.29) is 0 Å². The van der Waals surface area contributed by atoms with Crippen molar-refractivity contribution >= 4 is 11.5 Å². The number of para-hydroxylation sites is 1. The minimum atomic E-state index is -1.37. The zero-order valence-corrected chi connectivity index (χ0v) is 14.3. The average Bonchev–Trinajstić information content (AvgIpc) is 2.96. The molecule has 0 bridgehead atoms. The summed E-state index contributed by atoms with van der Waals surface area (Å²) in [5, 5.41) is 11.5. The van der Waals surface area contributed by atoms with Gasteiger partial charge in [-0.1, -0.05) is 18.2 Å². The normalized spacial score (nSPS) is 22.9. The number of benzene rings is 2. The summed E-state index contributed by atoms with van der Waals surface area (Å²) in [6, 6.07) is 14.6. The van der Waals surface area contributed by atoms with Crippen molar-refractivity contribution in [3.05, 3.63) is 59.9 Å². The maximum absolute atomic E-state index is 14.7. The van der Waals surface area contributed by atoms with Crippen molar-refractivity contribution in [3.8, 4) is 5.75 Å². The molecule has 0 fully saturated rings. The number of halogens is 1. The molecule has 0 unspecified atom stereocenters. The van der Waals surface area contributed by atoms with Gasteiger partial charge in [-0.3, -0.25) is 0 Å². The second kappa shape index (κ2) is 6.15. The van der Waals surface area contributed by atoms with Crippen LogP contribution in [0.1, 0.15) is 24.8 Å². The molecule has 0 saturated heterocycles. The topological polar surface area (TPSA) is 35.7 Å². The van der Waals surface area contributed by atoms with Crippen LogP contribution >= 0.6 is 0 Å². The van der Waals surface area contributed by atoms with Crippen LogP contribution < -0.4 is 9.64 Å². The molecule has 2 aliphatic heterocycles. The van der Waals surface area contributed by atoms with Crippen LogP contribution in [0.25, 0.3) is 0 Å². The number of nitrogens with zero attached hydrogens (tertiary/aromatic N) is 2. The predicted octanol–water partition coefficient (Wildman–Crippen LogP) is 3.09. The highest BCUT2D eigenvalue weighted by Gasteiger charge is 2.53. The van der Waals surface area contributed by atoms with Gasteiger partial charge in [0.15, 0.2) is 6.54 Å². The molecule has 2 aromatic rings. The van der Waals surface area contributed by atoms with E-state index in [2.05, 4.69) is 4.90 Å². The number of β-amino-alcohol motifs (C(OH)–C–C–N with tert-alkyl or cyclic N) is 1. The second-order valence-corrected chi connectivity index (χ2v) is 6.61. The molecule has 4 rings (SSSR count). The maximum Gasteiger partial charge on any atom is 0.273 e. The Morgan fingerprint density at radius 1 is 1.16 bits per heavy atom. The summed E-state index contributed by atoms with van der Waals surface area (Å²) in [5.74, 6) is 1.07. The van der Waals surface area contributed by atoms with Crippen molar-refractivity contribution in [2.75, 3.05) is 25.1 Å². The van der Waals surface area contributed by atoms with Crippen LogP contribution in [0.3, 0.4) is 0 Å². The van der Waals surface area contributed by atoms with Gasteiger partial charge in [0, 0.05) is 12.5 Å². The Morgan fingerprint density at radius 2 is 1.96 bits per heavy atom. The van der Waals surface area contributed by atoms with Gasteiger partial charge in [0.2, 0.25) is 0 Å². The van der Waals surface area contributed by atoms with E-state index in [9.17, 15) is 9.50 Å². The van der Waals surface area contributed by atoms with Crippen molar-refractivity contribution in [1.29, 1.82) is 0 Å². The van der Waals surface area contributed by atoms with Crippen molar-refractivity contribution in [2.45, 2.75) is 25.0 Å². The van der Waals surface area contributed by atoms with Gasteiger partial charge in [-0.25, -0.2) is 13.9 Å². The lowest BCUT2D eigenvalue weighted by atomic mass is 10.0. The Kier molecular flexibility index (Phi) is 3.96. The number of ether oxygens (including phenoxy) is 1. The summed E-state index contributed by atoms with van der Waals surface area (Å²) < 4.78 is 21.8. The highest BCUT2D eigenvalue weighted by Crippen LogP contribution is 2.37. The fourth-order valence-electron chi connectivity index (χ4n) is 3.92. The van der Waals surface area contributed by atoms with Gasteiger partial charge in [0.25, 0.3) is 11.6 Å². The smallest absolute Gasteiger partial charge is 0.273 e. The highest BCUT2D eigenvalue weighted by atomic mass is 19.1. The third kappa shape index (κ3) is 2.59. The standard InChI is InChI=1S/C20H22FN2O2/c1-25-16-10-11-17(18(21)13-16)20(24)14-22(15-7-3-2-4-8-15)19-9-5-6-12-23(19)20/h2-4,7-8,10-11,13,24H,5-6,9,12,14H2,1H3/q+1/t20-/m1/s1. The van der Waals surface area contributed by atoms with Gasteiger partial charge in [-0.05, 0) is 37.1 Å². The second-order valence-electron chi connectivity index (χ2n) is 6.61. The summed E-state index contributed by atoms with van der Waals surface area (Å²) >= 11 is 0. The van der Waals surface area contributed by atoms with E-state index in [1.54, 1.807) is 12.1 Å². The van der Waals surface area contributed by atoms with E-state index < -0.39 is 11.5 Å². The Morgan fingerprint density at radius 3 is 2.68 bits per heavy atom. The molecule has 0 spiro atoms. The zero-order valence-electron chi connectivity index (χ0n) is 14.3. The third-order valence-electron chi connectivity index (χ3n) is 5.16. The Labute approximate surface area is 146 Å². The number of hydrogen-bond donors (Lipinski definition) is 1. The highest BCUT2D eigenvalue weighted by molar-refractivity contribution is 5.96. The van der Waals surface area contributed by atoms with Crippen LogP contribution in [0.5, 0.6) is 5.75 Å². The lowest BCUT2D eigenvalue weighted by Gasteiger charge is -2.25. The third-order valence-corrected chi connectivity index (χ3v) is 5.16. The molecule has 0 aliphatic carbocycles. The molecule has 0 saturated carbocycles. The molecule has 1 N–H and O–H groups in total. The van der Waals surface area contributed by atoms with Gasteiger partial charge >= 0.3 is 0 Å². The van der Waals surface area contributed by atoms with Gasteiger partial charge in [-0.2, -0.15) is 0 Å². The molecule has 5 heteroatoms. The summed E-state index contributed by atoms with van der Waals surface area (Å²) in [6.45, 7) is 1.04. The first-order valence-corrected chi connectivity index (χ1v) is 8.66. The van der Waals surface area contributed by atoms with E-state index in [0.29, 0.717) is 17.9 Å². The summed E-state index contributed by atoms with van der Waals surface area (Å²) in [7, 11) is 1.51. The van der Waals surface area contributed by atoms with Gasteiger partial charge in [-0.15, -0.1) is 0 Å². The lowest BCUT2D eigenvalue weighted by molar-refractivity contribution is -0.661. The van der Waals surface area contributed by atoms with Crippen LogP contribution in [-0.2, 0) is 5.72 Å². The molecule has 1 atom stereocenters. The fraction of sp³-hybridized carbons (Fsp3) is 0.350. The van der Waals surface area contributed by atoms with Crippen LogP contribution in [0, 0.1) is 5.82 Å². The molecule has 4 nitrogen and oxygen atoms in total. The van der Waals surface area contributed by atoms with Crippen molar-refractivity contribution in [2.24, 2.45) is 0 Å². The Balaban J connectivity index is 1.81. The number of methoxy groups -OCH3 is 1. The van der Waals surface area contributed by atoms with Crippen LogP contribution in [-0.4, -0.2) is 35.7 Å². The number of anilines is 1. The first-order chi connectivity index (χ1) is 12.1. The number of rotatable bonds is 3. The van der Waals surface area contributed by atoms with Crippen LogP contribution in [0.4, 0.5) is 10.1 Å². The quantitative estimate of drug-likeness (QED) is 0.872. The molecule has 0 amide bonds. The fourth-order valence-corrected chi connectivity index (χ4v) is 3.92. The molecule has 0 radical (unpaired) electrons. The molecule has 2 aromatic carbocycles. The maximum atomic E-state index is 14.7. The Hall–Kier alpha value is -2.40. The summed E-state index contributed by atoms with van der Waals surface area (Å²) in [4.78, 5) is 2.11. The first-order valence-electron chi connectivity index (χ1n) is 8.66. The van der Waals surface area contributed by atoms with Crippen molar-refractivity contribution in [3.63, 3.8) is 0 Å². The molecule has 0 aromatic heterocycles. The van der Waals surface area contributed by atoms with Gasteiger partial charge in [0.05, 0.1) is 19.2 Å². The molecule has 2 heterocycles. The van der Waals surface area contributed by atoms with Crippen molar-refractivity contribution < 1.29 is 18.8 Å². The minimum absolute atomic E-state index is 0.297. The van der Waals surface area contributed by atoms with Crippen molar-refractivity contribution in [1.82, 2.24) is 0 Å². The monoisotopic (exact) mass is 341 g/mol.